The molecule has 0 amide bonds. The van der Waals surface area contributed by atoms with Crippen molar-refractivity contribution in [2.45, 2.75) is 18.4 Å². The summed E-state index contributed by atoms with van der Waals surface area (Å²) in [6.07, 6.45) is 2.15. The fourth-order valence-corrected chi connectivity index (χ4v) is 2.01. The molecule has 16 heavy (non-hydrogen) atoms. The van der Waals surface area contributed by atoms with E-state index in [-0.39, 0.29) is 5.60 Å². The lowest BCUT2D eigenvalue weighted by Crippen LogP contribution is -2.28. The second-order valence-corrected chi connectivity index (χ2v) is 4.47. The first-order valence-corrected chi connectivity index (χ1v) is 5.70. The van der Waals surface area contributed by atoms with Gasteiger partial charge in [0.05, 0.1) is 0 Å². The SMILES string of the molecule is NCC1(Oc2cccc3ccccc23)CC1. The minimum Gasteiger partial charge on any atom is -0.485 e. The Morgan fingerprint density at radius 2 is 1.81 bits per heavy atom. The maximum atomic E-state index is 6.05. The van der Waals surface area contributed by atoms with Crippen molar-refractivity contribution in [2.75, 3.05) is 6.54 Å². The molecule has 0 radical (unpaired) electrons. The lowest BCUT2D eigenvalue weighted by atomic mass is 10.1. The Morgan fingerprint density at radius 1 is 1.06 bits per heavy atom. The van der Waals surface area contributed by atoms with Crippen LogP contribution in [0.25, 0.3) is 10.8 Å². The Balaban J connectivity index is 2.03. The van der Waals surface area contributed by atoms with Gasteiger partial charge in [0.15, 0.2) is 0 Å². The van der Waals surface area contributed by atoms with E-state index < -0.39 is 0 Å². The summed E-state index contributed by atoms with van der Waals surface area (Å²) in [7, 11) is 0. The van der Waals surface area contributed by atoms with Gasteiger partial charge in [-0.05, 0) is 24.3 Å². The average Bonchev–Trinajstić information content (AvgIpc) is 3.10. The molecule has 1 saturated carbocycles. The first kappa shape index (κ1) is 9.67. The Kier molecular flexibility index (Phi) is 2.11. The van der Waals surface area contributed by atoms with Crippen LogP contribution in [0, 0.1) is 0 Å². The van der Waals surface area contributed by atoms with Crippen molar-refractivity contribution in [3.8, 4) is 5.75 Å². The van der Waals surface area contributed by atoms with Crippen LogP contribution in [0.4, 0.5) is 0 Å². The molecule has 1 fully saturated rings. The fraction of sp³-hybridized carbons (Fsp3) is 0.286. The van der Waals surface area contributed by atoms with Gasteiger partial charge in [0.25, 0.3) is 0 Å². The van der Waals surface area contributed by atoms with E-state index in [9.17, 15) is 0 Å². The highest BCUT2D eigenvalue weighted by Gasteiger charge is 2.44. The highest BCUT2D eigenvalue weighted by molar-refractivity contribution is 5.88. The standard InChI is InChI=1S/C14H15NO/c15-10-14(8-9-14)16-13-7-3-5-11-4-1-2-6-12(11)13/h1-7H,8-10,15H2. The van der Waals surface area contributed by atoms with E-state index in [1.807, 2.05) is 24.3 Å². The first-order valence-electron chi connectivity index (χ1n) is 5.70. The van der Waals surface area contributed by atoms with Gasteiger partial charge in [0, 0.05) is 11.9 Å². The van der Waals surface area contributed by atoms with Gasteiger partial charge >= 0.3 is 0 Å². The molecule has 2 N–H and O–H groups in total. The van der Waals surface area contributed by atoms with Gasteiger partial charge in [0.1, 0.15) is 11.4 Å². The number of nitrogens with two attached hydrogens (primary N) is 1. The number of hydrogen-bond donors (Lipinski definition) is 1. The van der Waals surface area contributed by atoms with Crippen molar-refractivity contribution in [1.82, 2.24) is 0 Å². The van der Waals surface area contributed by atoms with Crippen molar-refractivity contribution >= 4 is 10.8 Å². The molecule has 0 saturated heterocycles. The van der Waals surface area contributed by atoms with Gasteiger partial charge in [0.2, 0.25) is 0 Å². The van der Waals surface area contributed by atoms with E-state index in [4.69, 9.17) is 10.5 Å². The Labute approximate surface area is 95.0 Å². The van der Waals surface area contributed by atoms with Gasteiger partial charge in [-0.15, -0.1) is 0 Å². The molecule has 2 aromatic carbocycles. The van der Waals surface area contributed by atoms with E-state index in [0.29, 0.717) is 6.54 Å². The third kappa shape index (κ3) is 1.55. The lowest BCUT2D eigenvalue weighted by molar-refractivity contribution is 0.190. The van der Waals surface area contributed by atoms with Gasteiger partial charge in [-0.25, -0.2) is 0 Å². The molecular weight excluding hydrogens is 198 g/mol. The molecular formula is C14H15NO. The molecule has 0 heterocycles. The van der Waals surface area contributed by atoms with Crippen LogP contribution in [0.5, 0.6) is 5.75 Å². The van der Waals surface area contributed by atoms with Crippen LogP contribution >= 0.6 is 0 Å². The smallest absolute Gasteiger partial charge is 0.128 e. The maximum Gasteiger partial charge on any atom is 0.128 e. The zero-order chi connectivity index (χ0) is 11.0. The second kappa shape index (κ2) is 3.49. The molecule has 0 bridgehead atoms. The molecule has 2 nitrogen and oxygen atoms in total. The minimum absolute atomic E-state index is 0.0792. The quantitative estimate of drug-likeness (QED) is 0.850. The van der Waals surface area contributed by atoms with Crippen LogP contribution in [0.3, 0.4) is 0 Å². The Bertz CT molecular complexity index is 512. The normalized spacial score (nSPS) is 17.3. The largest absolute Gasteiger partial charge is 0.485 e. The van der Waals surface area contributed by atoms with Crippen LogP contribution in [-0.4, -0.2) is 12.1 Å². The molecule has 82 valence electrons. The van der Waals surface area contributed by atoms with Crippen LogP contribution in [0.2, 0.25) is 0 Å². The predicted octanol–water partition coefficient (Wildman–Crippen LogP) is 2.71. The molecule has 0 spiro atoms. The molecule has 2 heteroatoms. The summed E-state index contributed by atoms with van der Waals surface area (Å²) in [5, 5.41) is 2.39. The number of fused-ring (bicyclic) bond motifs is 1. The van der Waals surface area contributed by atoms with Crippen molar-refractivity contribution < 1.29 is 4.74 Å². The summed E-state index contributed by atoms with van der Waals surface area (Å²) in [5.74, 6) is 0.959. The van der Waals surface area contributed by atoms with Gasteiger partial charge in [-0.2, -0.15) is 0 Å². The van der Waals surface area contributed by atoms with Gasteiger partial charge in [-0.1, -0.05) is 36.4 Å². The summed E-state index contributed by atoms with van der Waals surface area (Å²) >= 11 is 0. The summed E-state index contributed by atoms with van der Waals surface area (Å²) < 4.78 is 6.05. The van der Waals surface area contributed by atoms with Crippen molar-refractivity contribution in [1.29, 1.82) is 0 Å². The fourth-order valence-electron chi connectivity index (χ4n) is 2.01. The monoisotopic (exact) mass is 213 g/mol. The van der Waals surface area contributed by atoms with Crippen LogP contribution < -0.4 is 10.5 Å². The van der Waals surface area contributed by atoms with Crippen molar-refractivity contribution in [3.05, 3.63) is 42.5 Å². The topological polar surface area (TPSA) is 35.2 Å². The van der Waals surface area contributed by atoms with E-state index in [1.165, 1.54) is 10.8 Å². The van der Waals surface area contributed by atoms with E-state index >= 15 is 0 Å². The van der Waals surface area contributed by atoms with Gasteiger partial charge < -0.3 is 10.5 Å². The van der Waals surface area contributed by atoms with E-state index in [1.54, 1.807) is 0 Å². The third-order valence-corrected chi connectivity index (χ3v) is 3.26. The van der Waals surface area contributed by atoms with E-state index in [2.05, 4.69) is 18.2 Å². The van der Waals surface area contributed by atoms with Crippen molar-refractivity contribution in [2.24, 2.45) is 5.73 Å². The second-order valence-electron chi connectivity index (χ2n) is 4.47. The Hall–Kier alpha value is -1.54. The van der Waals surface area contributed by atoms with Gasteiger partial charge in [-0.3, -0.25) is 0 Å². The molecule has 0 aromatic heterocycles. The third-order valence-electron chi connectivity index (χ3n) is 3.26. The highest BCUT2D eigenvalue weighted by Crippen LogP contribution is 2.41. The summed E-state index contributed by atoms with van der Waals surface area (Å²) in [4.78, 5) is 0. The van der Waals surface area contributed by atoms with Crippen LogP contribution in [-0.2, 0) is 0 Å². The lowest BCUT2D eigenvalue weighted by Gasteiger charge is -2.17. The first-order chi connectivity index (χ1) is 7.83. The Morgan fingerprint density at radius 3 is 2.56 bits per heavy atom. The van der Waals surface area contributed by atoms with Crippen LogP contribution in [0.15, 0.2) is 42.5 Å². The zero-order valence-electron chi connectivity index (χ0n) is 9.15. The summed E-state index contributed by atoms with van der Waals surface area (Å²) in [6.45, 7) is 0.607. The molecule has 1 aliphatic rings. The molecule has 2 aromatic rings. The molecule has 0 aliphatic heterocycles. The number of hydrogen-bond acceptors (Lipinski definition) is 2. The summed E-state index contributed by atoms with van der Waals surface area (Å²) in [5.41, 5.74) is 5.66. The maximum absolute atomic E-state index is 6.05. The number of rotatable bonds is 3. The number of ether oxygens (including phenoxy) is 1. The predicted molar refractivity (Wildman–Crippen MR) is 65.6 cm³/mol. The zero-order valence-corrected chi connectivity index (χ0v) is 9.15. The molecule has 3 rings (SSSR count). The number of benzene rings is 2. The van der Waals surface area contributed by atoms with Crippen molar-refractivity contribution in [3.63, 3.8) is 0 Å². The molecule has 0 atom stereocenters. The molecule has 1 aliphatic carbocycles. The van der Waals surface area contributed by atoms with E-state index in [0.717, 1.165) is 18.6 Å². The molecule has 0 unspecified atom stereocenters. The minimum atomic E-state index is -0.0792. The van der Waals surface area contributed by atoms with Crippen LogP contribution in [0.1, 0.15) is 12.8 Å². The highest BCUT2D eigenvalue weighted by atomic mass is 16.5. The average molecular weight is 213 g/mol. The summed E-state index contributed by atoms with van der Waals surface area (Å²) in [6, 6.07) is 14.4.